The maximum atomic E-state index is 11.8. The smallest absolute Gasteiger partial charge is 0.313 e. The fourth-order valence-electron chi connectivity index (χ4n) is 2.01. The Labute approximate surface area is 112 Å². The molecule has 104 valence electrons. The highest BCUT2D eigenvalue weighted by Gasteiger charge is 2.34. The lowest BCUT2D eigenvalue weighted by molar-refractivity contribution is -0.150. The number of carbonyl (C=O) groups excluding carboxylic acids is 2. The van der Waals surface area contributed by atoms with Gasteiger partial charge in [0.15, 0.2) is 0 Å². The summed E-state index contributed by atoms with van der Waals surface area (Å²) < 4.78 is 4.71. The first-order chi connectivity index (χ1) is 8.97. The normalized spacial score (nSPS) is 15.2. The van der Waals surface area contributed by atoms with Crippen LogP contribution < -0.4 is 5.32 Å². The van der Waals surface area contributed by atoms with E-state index >= 15 is 0 Å². The molecule has 0 aliphatic heterocycles. The van der Waals surface area contributed by atoms with Gasteiger partial charge in [-0.1, -0.05) is 30.3 Å². The van der Waals surface area contributed by atoms with E-state index in [4.69, 9.17) is 4.74 Å². The van der Waals surface area contributed by atoms with Gasteiger partial charge in [-0.2, -0.15) is 0 Å². The number of benzene rings is 1. The quantitative estimate of drug-likeness (QED) is 0.780. The zero-order valence-electron chi connectivity index (χ0n) is 11.3. The molecule has 0 bridgehead atoms. The number of ether oxygens (including phenoxy) is 1. The zero-order valence-corrected chi connectivity index (χ0v) is 11.3. The predicted molar refractivity (Wildman–Crippen MR) is 70.2 cm³/mol. The van der Waals surface area contributed by atoms with Crippen molar-refractivity contribution in [2.75, 3.05) is 7.11 Å². The van der Waals surface area contributed by atoms with E-state index < -0.39 is 24.0 Å². The number of methoxy groups -OCH3 is 1. The molecular weight excluding hydrogens is 246 g/mol. The lowest BCUT2D eigenvalue weighted by Gasteiger charge is -2.28. The molecular formula is C14H19NO4. The summed E-state index contributed by atoms with van der Waals surface area (Å²) in [5.74, 6) is -1.68. The Morgan fingerprint density at radius 1 is 1.26 bits per heavy atom. The molecule has 0 spiro atoms. The molecule has 1 amide bonds. The van der Waals surface area contributed by atoms with E-state index in [9.17, 15) is 14.7 Å². The van der Waals surface area contributed by atoms with Gasteiger partial charge in [0.1, 0.15) is 5.92 Å². The predicted octanol–water partition coefficient (Wildman–Crippen LogP) is 1.03. The van der Waals surface area contributed by atoms with E-state index in [1.54, 1.807) is 24.3 Å². The molecule has 0 aliphatic rings. The maximum absolute atomic E-state index is 11.8. The number of rotatable bonds is 5. The van der Waals surface area contributed by atoms with Gasteiger partial charge < -0.3 is 15.2 Å². The number of aliphatic hydroxyl groups excluding tert-OH is 1. The Morgan fingerprint density at radius 3 is 2.26 bits per heavy atom. The largest absolute Gasteiger partial charge is 0.469 e. The van der Waals surface area contributed by atoms with Crippen molar-refractivity contribution in [2.45, 2.75) is 26.0 Å². The van der Waals surface area contributed by atoms with Crippen LogP contribution in [0, 0.1) is 5.92 Å². The standard InChI is InChI=1S/C14H19NO4/c1-9(16)12(14(18)19-3)13(15-10(2)17)11-7-5-4-6-8-11/h4-9,12-13,16H,1-3H3,(H,15,17)/t9-,12+,13-/m0/s1. The SMILES string of the molecule is COC(=O)[C@H]([C@H](C)O)[C@@H](NC(C)=O)c1ccccc1. The Bertz CT molecular complexity index is 430. The molecule has 1 aromatic rings. The van der Waals surface area contributed by atoms with Gasteiger partial charge in [0, 0.05) is 6.92 Å². The minimum Gasteiger partial charge on any atom is -0.469 e. The molecule has 5 nitrogen and oxygen atoms in total. The minimum atomic E-state index is -0.940. The van der Waals surface area contributed by atoms with Gasteiger partial charge in [0.2, 0.25) is 5.91 Å². The van der Waals surface area contributed by atoms with Gasteiger partial charge in [-0.3, -0.25) is 9.59 Å². The summed E-state index contributed by atoms with van der Waals surface area (Å²) in [6.07, 6.45) is -0.940. The highest BCUT2D eigenvalue weighted by molar-refractivity contribution is 5.77. The lowest BCUT2D eigenvalue weighted by Crippen LogP contribution is -2.41. The van der Waals surface area contributed by atoms with Gasteiger partial charge in [-0.05, 0) is 12.5 Å². The average molecular weight is 265 g/mol. The molecule has 0 fully saturated rings. The van der Waals surface area contributed by atoms with Crippen molar-refractivity contribution >= 4 is 11.9 Å². The summed E-state index contributed by atoms with van der Waals surface area (Å²) in [5.41, 5.74) is 0.744. The monoisotopic (exact) mass is 265 g/mol. The van der Waals surface area contributed by atoms with Gasteiger partial charge >= 0.3 is 5.97 Å². The highest BCUT2D eigenvalue weighted by atomic mass is 16.5. The molecule has 0 aliphatic carbocycles. The van der Waals surface area contributed by atoms with E-state index in [1.165, 1.54) is 21.0 Å². The van der Waals surface area contributed by atoms with Crippen LogP contribution in [0.3, 0.4) is 0 Å². The van der Waals surface area contributed by atoms with E-state index in [1.807, 2.05) is 6.07 Å². The van der Waals surface area contributed by atoms with Crippen molar-refractivity contribution < 1.29 is 19.4 Å². The summed E-state index contributed by atoms with van der Waals surface area (Å²) >= 11 is 0. The Balaban J connectivity index is 3.14. The highest BCUT2D eigenvalue weighted by Crippen LogP contribution is 2.26. The van der Waals surface area contributed by atoms with Crippen LogP contribution in [-0.4, -0.2) is 30.2 Å². The number of hydrogen-bond donors (Lipinski definition) is 2. The van der Waals surface area contributed by atoms with Gasteiger partial charge in [-0.15, -0.1) is 0 Å². The summed E-state index contributed by atoms with van der Waals surface area (Å²) in [4.78, 5) is 23.1. The second kappa shape index (κ2) is 6.89. The molecule has 0 unspecified atom stereocenters. The summed E-state index contributed by atoms with van der Waals surface area (Å²) in [6.45, 7) is 2.87. The third-order valence-electron chi connectivity index (χ3n) is 2.87. The molecule has 0 aromatic heterocycles. The van der Waals surface area contributed by atoms with Crippen molar-refractivity contribution in [3.05, 3.63) is 35.9 Å². The number of aliphatic hydroxyl groups is 1. The third-order valence-corrected chi connectivity index (χ3v) is 2.87. The van der Waals surface area contributed by atoms with Crippen LogP contribution in [0.4, 0.5) is 0 Å². The molecule has 0 heterocycles. The van der Waals surface area contributed by atoms with Gasteiger partial charge in [0.25, 0.3) is 0 Å². The lowest BCUT2D eigenvalue weighted by atomic mass is 9.89. The van der Waals surface area contributed by atoms with Gasteiger partial charge in [-0.25, -0.2) is 0 Å². The molecule has 0 saturated carbocycles. The van der Waals surface area contributed by atoms with E-state index in [2.05, 4.69) is 5.32 Å². The second-order valence-electron chi connectivity index (χ2n) is 4.38. The molecule has 19 heavy (non-hydrogen) atoms. The summed E-state index contributed by atoms with van der Waals surface area (Å²) in [6, 6.07) is 8.41. The zero-order chi connectivity index (χ0) is 14.4. The molecule has 3 atom stereocenters. The van der Waals surface area contributed by atoms with Crippen LogP contribution in [0.5, 0.6) is 0 Å². The van der Waals surface area contributed by atoms with Crippen molar-refractivity contribution in [1.29, 1.82) is 0 Å². The number of nitrogens with one attached hydrogen (secondary N) is 1. The molecule has 1 rings (SSSR count). The van der Waals surface area contributed by atoms with Crippen molar-refractivity contribution in [3.8, 4) is 0 Å². The molecule has 0 saturated heterocycles. The van der Waals surface area contributed by atoms with Crippen LogP contribution in [0.2, 0.25) is 0 Å². The van der Waals surface area contributed by atoms with Crippen LogP contribution in [0.15, 0.2) is 30.3 Å². The first kappa shape index (κ1) is 15.2. The van der Waals surface area contributed by atoms with E-state index in [0.717, 1.165) is 5.56 Å². The molecule has 2 N–H and O–H groups in total. The molecule has 0 radical (unpaired) electrons. The van der Waals surface area contributed by atoms with Crippen LogP contribution in [-0.2, 0) is 14.3 Å². The third kappa shape index (κ3) is 4.06. The summed E-state index contributed by atoms with van der Waals surface area (Å²) in [7, 11) is 1.26. The Kier molecular flexibility index (Phi) is 5.51. The van der Waals surface area contributed by atoms with Crippen LogP contribution >= 0.6 is 0 Å². The van der Waals surface area contributed by atoms with E-state index in [0.29, 0.717) is 0 Å². The fraction of sp³-hybridized carbons (Fsp3) is 0.429. The van der Waals surface area contributed by atoms with Crippen molar-refractivity contribution in [2.24, 2.45) is 5.92 Å². The Morgan fingerprint density at radius 2 is 1.84 bits per heavy atom. The van der Waals surface area contributed by atoms with Crippen molar-refractivity contribution in [1.82, 2.24) is 5.32 Å². The fourth-order valence-corrected chi connectivity index (χ4v) is 2.01. The minimum absolute atomic E-state index is 0.275. The second-order valence-corrected chi connectivity index (χ2v) is 4.38. The average Bonchev–Trinajstić information content (AvgIpc) is 2.37. The van der Waals surface area contributed by atoms with Gasteiger partial charge in [0.05, 0.1) is 19.3 Å². The van der Waals surface area contributed by atoms with Crippen molar-refractivity contribution in [3.63, 3.8) is 0 Å². The topological polar surface area (TPSA) is 75.6 Å². The van der Waals surface area contributed by atoms with E-state index in [-0.39, 0.29) is 5.91 Å². The van der Waals surface area contributed by atoms with Crippen LogP contribution in [0.25, 0.3) is 0 Å². The number of carbonyl (C=O) groups is 2. The molecule has 1 aromatic carbocycles. The first-order valence-electron chi connectivity index (χ1n) is 6.05. The number of hydrogen-bond acceptors (Lipinski definition) is 4. The number of amides is 1. The van der Waals surface area contributed by atoms with Crippen LogP contribution in [0.1, 0.15) is 25.5 Å². The summed E-state index contributed by atoms with van der Waals surface area (Å²) in [5, 5.41) is 12.5. The Hall–Kier alpha value is -1.88. The number of esters is 1. The maximum Gasteiger partial charge on any atom is 0.313 e. The molecule has 5 heteroatoms. The first-order valence-corrected chi connectivity index (χ1v) is 6.05.